The number of benzene rings is 2. The van der Waals surface area contributed by atoms with Gasteiger partial charge < -0.3 is 24.4 Å². The first-order valence-corrected chi connectivity index (χ1v) is 9.47. The van der Waals surface area contributed by atoms with Crippen LogP contribution in [0.3, 0.4) is 0 Å². The van der Waals surface area contributed by atoms with E-state index in [1.54, 1.807) is 0 Å². The molecule has 160 valence electrons. The van der Waals surface area contributed by atoms with E-state index < -0.39 is 16.5 Å². The van der Waals surface area contributed by atoms with Gasteiger partial charge in [0.15, 0.2) is 5.75 Å². The second-order valence-electron chi connectivity index (χ2n) is 5.46. The van der Waals surface area contributed by atoms with Gasteiger partial charge in [0.2, 0.25) is 11.5 Å². The third kappa shape index (κ3) is 4.41. The number of phenolic OH excluding ortho intramolecular Hbond substituents is 2. The number of nitrogens with zero attached hydrogens (tertiary/aromatic N) is 2. The van der Waals surface area contributed by atoms with Crippen molar-refractivity contribution in [1.29, 1.82) is 0 Å². The number of amides is 1. The molecular formula is C17H15Br2N3O8. The van der Waals surface area contributed by atoms with E-state index in [0.29, 0.717) is 0 Å². The summed E-state index contributed by atoms with van der Waals surface area (Å²) in [7, 11) is 3.76. The number of carbonyl (C=O) groups is 1. The minimum atomic E-state index is -0.936. The van der Waals surface area contributed by atoms with Crippen molar-refractivity contribution in [3.8, 4) is 28.7 Å². The first-order chi connectivity index (χ1) is 14.2. The van der Waals surface area contributed by atoms with Crippen LogP contribution in [0.1, 0.15) is 15.9 Å². The van der Waals surface area contributed by atoms with E-state index in [0.717, 1.165) is 12.3 Å². The number of carbonyl (C=O) groups excluding carboxylic acids is 1. The molecule has 0 saturated carbocycles. The van der Waals surface area contributed by atoms with Crippen LogP contribution in [-0.2, 0) is 0 Å². The van der Waals surface area contributed by atoms with E-state index in [9.17, 15) is 25.1 Å². The number of ether oxygens (including phenoxy) is 3. The summed E-state index contributed by atoms with van der Waals surface area (Å²) in [6, 6.07) is 2.47. The van der Waals surface area contributed by atoms with Crippen molar-refractivity contribution in [3.63, 3.8) is 0 Å². The predicted octanol–water partition coefficient (Wildman–Crippen LogP) is 3.32. The molecule has 0 radical (unpaired) electrons. The predicted molar refractivity (Wildman–Crippen MR) is 113 cm³/mol. The molecule has 0 aliphatic rings. The molecule has 1 amide bonds. The molecule has 0 aliphatic carbocycles. The fraction of sp³-hybridized carbons (Fsp3) is 0.176. The van der Waals surface area contributed by atoms with Gasteiger partial charge in [-0.15, -0.1) is 0 Å². The quantitative estimate of drug-likeness (QED) is 0.270. The topological polar surface area (TPSA) is 153 Å². The van der Waals surface area contributed by atoms with Crippen LogP contribution in [0.5, 0.6) is 28.7 Å². The van der Waals surface area contributed by atoms with Crippen molar-refractivity contribution in [2.45, 2.75) is 0 Å². The molecule has 2 rings (SSSR count). The van der Waals surface area contributed by atoms with Crippen LogP contribution in [-0.4, -0.2) is 48.6 Å². The lowest BCUT2D eigenvalue weighted by Gasteiger charge is -2.14. The van der Waals surface area contributed by atoms with E-state index in [4.69, 9.17) is 14.2 Å². The number of phenols is 2. The number of aromatic hydroxyl groups is 2. The van der Waals surface area contributed by atoms with Crippen molar-refractivity contribution in [2.24, 2.45) is 5.10 Å². The highest BCUT2D eigenvalue weighted by Gasteiger charge is 2.32. The minimum absolute atomic E-state index is 0.0184. The normalized spacial score (nSPS) is 10.7. The maximum atomic E-state index is 12.6. The van der Waals surface area contributed by atoms with Gasteiger partial charge in [-0.1, -0.05) is 0 Å². The molecule has 2 aromatic carbocycles. The molecule has 2 aromatic rings. The van der Waals surface area contributed by atoms with Gasteiger partial charge in [0.05, 0.1) is 36.9 Å². The van der Waals surface area contributed by atoms with Crippen LogP contribution in [0.4, 0.5) is 5.69 Å². The van der Waals surface area contributed by atoms with Crippen LogP contribution in [0, 0.1) is 10.1 Å². The van der Waals surface area contributed by atoms with Gasteiger partial charge in [-0.2, -0.15) is 5.10 Å². The van der Waals surface area contributed by atoms with Crippen LogP contribution >= 0.6 is 31.9 Å². The number of rotatable bonds is 7. The van der Waals surface area contributed by atoms with Crippen molar-refractivity contribution >= 4 is 49.7 Å². The first-order valence-electron chi connectivity index (χ1n) is 7.88. The molecule has 0 atom stereocenters. The summed E-state index contributed by atoms with van der Waals surface area (Å²) in [4.78, 5) is 23.3. The second-order valence-corrected chi connectivity index (χ2v) is 7.10. The average molecular weight is 549 g/mol. The Morgan fingerprint density at radius 3 is 2.30 bits per heavy atom. The number of nitro groups is 1. The van der Waals surface area contributed by atoms with Gasteiger partial charge in [0.25, 0.3) is 5.91 Å². The molecule has 3 N–H and O–H groups in total. The maximum Gasteiger partial charge on any atom is 0.327 e. The zero-order chi connectivity index (χ0) is 22.6. The molecule has 0 aliphatic heterocycles. The lowest BCUT2D eigenvalue weighted by Crippen LogP contribution is -2.20. The van der Waals surface area contributed by atoms with Crippen LogP contribution < -0.4 is 19.6 Å². The summed E-state index contributed by atoms with van der Waals surface area (Å²) in [6.07, 6.45) is 1.09. The highest BCUT2D eigenvalue weighted by Crippen LogP contribution is 2.46. The SMILES string of the molecule is COc1cc(C(=O)NN=Cc2cc(Br)c(O)c(Br)c2O)c([N+](=O)[O-])c(OC)c1OC. The number of hydrogen-bond acceptors (Lipinski definition) is 9. The molecule has 0 saturated heterocycles. The summed E-state index contributed by atoms with van der Waals surface area (Å²) in [6.45, 7) is 0. The standard InChI is InChI=1S/C17H15Br2N3O8/c1-28-10-5-8(12(22(26)27)16(30-3)15(10)29-2)17(25)21-20-6-7-4-9(18)14(24)11(19)13(7)23/h4-6,23-24H,1-3H3,(H,21,25). The van der Waals surface area contributed by atoms with Gasteiger partial charge in [-0.05, 0) is 37.9 Å². The van der Waals surface area contributed by atoms with Gasteiger partial charge in [-0.3, -0.25) is 14.9 Å². The maximum absolute atomic E-state index is 12.6. The number of hydrogen-bond donors (Lipinski definition) is 3. The summed E-state index contributed by atoms with van der Waals surface area (Å²) in [5.74, 6) is -1.78. The summed E-state index contributed by atoms with van der Waals surface area (Å²) < 4.78 is 15.6. The molecule has 11 nitrogen and oxygen atoms in total. The Kier molecular flexibility index (Phi) is 7.45. The molecule has 0 fully saturated rings. The lowest BCUT2D eigenvalue weighted by molar-refractivity contribution is -0.386. The molecule has 0 aromatic heterocycles. The van der Waals surface area contributed by atoms with Crippen molar-refractivity contribution in [2.75, 3.05) is 21.3 Å². The molecule has 0 bridgehead atoms. The van der Waals surface area contributed by atoms with E-state index in [1.165, 1.54) is 27.4 Å². The van der Waals surface area contributed by atoms with Gasteiger partial charge in [0.1, 0.15) is 21.5 Å². The monoisotopic (exact) mass is 547 g/mol. The third-order valence-corrected chi connectivity index (χ3v) is 5.15. The van der Waals surface area contributed by atoms with Crippen LogP contribution in [0.15, 0.2) is 26.2 Å². The van der Waals surface area contributed by atoms with Crippen molar-refractivity contribution < 1.29 is 34.1 Å². The van der Waals surface area contributed by atoms with Gasteiger partial charge >= 0.3 is 5.69 Å². The molecule has 0 heterocycles. The second kappa shape index (κ2) is 9.63. The fourth-order valence-corrected chi connectivity index (χ4v) is 3.58. The fourth-order valence-electron chi connectivity index (χ4n) is 2.43. The Morgan fingerprint density at radius 1 is 1.13 bits per heavy atom. The Bertz CT molecular complexity index is 1040. The highest BCUT2D eigenvalue weighted by molar-refractivity contribution is 9.11. The minimum Gasteiger partial charge on any atom is -0.506 e. The summed E-state index contributed by atoms with van der Waals surface area (Å²) in [5.41, 5.74) is 1.25. The van der Waals surface area contributed by atoms with Gasteiger partial charge in [-0.25, -0.2) is 5.43 Å². The summed E-state index contributed by atoms with van der Waals surface area (Å²) >= 11 is 6.12. The zero-order valence-corrected chi connectivity index (χ0v) is 18.9. The molecule has 13 heteroatoms. The Labute approximate surface area is 186 Å². The molecular weight excluding hydrogens is 534 g/mol. The van der Waals surface area contributed by atoms with Crippen molar-refractivity contribution in [3.05, 3.63) is 42.3 Å². The van der Waals surface area contributed by atoms with Gasteiger partial charge in [0, 0.05) is 11.6 Å². The van der Waals surface area contributed by atoms with Crippen LogP contribution in [0.25, 0.3) is 0 Å². The number of methoxy groups -OCH3 is 3. The average Bonchev–Trinajstić information content (AvgIpc) is 2.73. The first kappa shape index (κ1) is 23.2. The highest BCUT2D eigenvalue weighted by atomic mass is 79.9. The Morgan fingerprint density at radius 2 is 1.77 bits per heavy atom. The van der Waals surface area contributed by atoms with E-state index >= 15 is 0 Å². The zero-order valence-electron chi connectivity index (χ0n) is 15.7. The lowest BCUT2D eigenvalue weighted by atomic mass is 10.1. The van der Waals surface area contributed by atoms with Crippen LogP contribution in [0.2, 0.25) is 0 Å². The van der Waals surface area contributed by atoms with Crippen molar-refractivity contribution in [1.82, 2.24) is 5.43 Å². The molecule has 30 heavy (non-hydrogen) atoms. The van der Waals surface area contributed by atoms with E-state index in [-0.39, 0.29) is 48.8 Å². The Hall–Kier alpha value is -3.06. The third-order valence-electron chi connectivity index (χ3n) is 3.80. The van der Waals surface area contributed by atoms with E-state index in [1.807, 2.05) is 0 Å². The molecule has 0 unspecified atom stereocenters. The number of halogens is 2. The number of hydrazone groups is 1. The van der Waals surface area contributed by atoms with E-state index in [2.05, 4.69) is 42.4 Å². The Balaban J connectivity index is 2.45. The summed E-state index contributed by atoms with van der Waals surface area (Å²) in [5, 5.41) is 35.0. The molecule has 0 spiro atoms. The smallest absolute Gasteiger partial charge is 0.327 e. The largest absolute Gasteiger partial charge is 0.506 e. The number of nitro benzene ring substituents is 1. The number of nitrogens with one attached hydrogen (secondary N) is 1.